The van der Waals surface area contributed by atoms with Gasteiger partial charge in [0.15, 0.2) is 5.78 Å². The van der Waals surface area contributed by atoms with Crippen LogP contribution in [0.15, 0.2) is 82.4 Å². The van der Waals surface area contributed by atoms with Crippen LogP contribution in [-0.2, 0) is 36.7 Å². The van der Waals surface area contributed by atoms with Gasteiger partial charge in [0.1, 0.15) is 17.1 Å². The summed E-state index contributed by atoms with van der Waals surface area (Å²) in [6.45, 7) is 25.6. The van der Waals surface area contributed by atoms with E-state index < -0.39 is 0 Å². The first kappa shape index (κ1) is 44.1. The van der Waals surface area contributed by atoms with Crippen LogP contribution in [0.5, 0.6) is 0 Å². The Morgan fingerprint density at radius 2 is 1.56 bits per heavy atom. The number of hydrogen-bond acceptors (Lipinski definition) is 5. The average Bonchev–Trinajstić information content (AvgIpc) is 3.72. The minimum atomic E-state index is -0.337. The molecular formula is C49H60IrNO3S-. The summed E-state index contributed by atoms with van der Waals surface area (Å²) in [6, 6.07) is 23.3. The molecule has 6 aromatic rings. The van der Waals surface area contributed by atoms with Crippen LogP contribution in [0, 0.1) is 29.7 Å². The number of hydrogen-bond donors (Lipinski definition) is 1. The van der Waals surface area contributed by atoms with E-state index >= 15 is 0 Å². The molecule has 0 aliphatic rings. The van der Waals surface area contributed by atoms with E-state index in [0.717, 1.165) is 76.6 Å². The Morgan fingerprint density at radius 3 is 2.18 bits per heavy atom. The molecule has 0 spiro atoms. The van der Waals surface area contributed by atoms with E-state index in [9.17, 15) is 9.90 Å². The second kappa shape index (κ2) is 17.7. The number of fused-ring (bicyclic) bond motifs is 3. The van der Waals surface area contributed by atoms with Crippen molar-refractivity contribution in [3.05, 3.63) is 101 Å². The minimum absolute atomic E-state index is 0. The number of carbonyl (C=O) groups is 1. The van der Waals surface area contributed by atoms with Gasteiger partial charge in [0.05, 0.1) is 0 Å². The zero-order valence-electron chi connectivity index (χ0n) is 35.0. The summed E-state index contributed by atoms with van der Waals surface area (Å²) in [5.74, 6) is 1.86. The van der Waals surface area contributed by atoms with Crippen molar-refractivity contribution in [3.63, 3.8) is 0 Å². The van der Waals surface area contributed by atoms with E-state index in [1.54, 1.807) is 11.3 Å². The molecule has 3 aromatic heterocycles. The van der Waals surface area contributed by atoms with Gasteiger partial charge in [-0.05, 0) is 73.6 Å². The molecule has 1 N–H and O–H groups in total. The Labute approximate surface area is 347 Å². The molecule has 3 heterocycles. The number of aryl methyl sites for hydroxylation is 1. The van der Waals surface area contributed by atoms with E-state index in [2.05, 4.69) is 102 Å². The third-order valence-electron chi connectivity index (χ3n) is 11.8. The average molecular weight is 935 g/mol. The normalized spacial score (nSPS) is 12.6. The summed E-state index contributed by atoms with van der Waals surface area (Å²) in [6.07, 6.45) is 7.71. The van der Waals surface area contributed by atoms with Crippen LogP contribution in [0.2, 0.25) is 0 Å². The molecule has 3 aromatic carbocycles. The van der Waals surface area contributed by atoms with E-state index in [1.807, 2.05) is 53.8 Å². The van der Waals surface area contributed by atoms with Crippen molar-refractivity contribution in [2.24, 2.45) is 16.7 Å². The second-order valence-electron chi connectivity index (χ2n) is 17.0. The summed E-state index contributed by atoms with van der Waals surface area (Å²) in [5.41, 5.74) is 7.19. The van der Waals surface area contributed by atoms with E-state index in [0.29, 0.717) is 5.92 Å². The summed E-state index contributed by atoms with van der Waals surface area (Å²) >= 11 is 1.79. The third kappa shape index (κ3) is 9.19. The predicted octanol–water partition coefficient (Wildman–Crippen LogP) is 14.8. The second-order valence-corrected chi connectivity index (χ2v) is 17.9. The fraction of sp³-hybridized carbons (Fsp3) is 0.429. The summed E-state index contributed by atoms with van der Waals surface area (Å²) in [7, 11) is 0. The van der Waals surface area contributed by atoms with Gasteiger partial charge in [0, 0.05) is 75.3 Å². The maximum Gasteiger partial charge on any atom is 0.164 e. The first-order valence-electron chi connectivity index (χ1n) is 19.8. The molecule has 55 heavy (non-hydrogen) atoms. The molecule has 295 valence electrons. The Morgan fingerprint density at radius 1 is 0.909 bits per heavy atom. The Balaban J connectivity index is 0.000000320. The molecule has 0 amide bonds. The summed E-state index contributed by atoms with van der Waals surface area (Å²) in [5, 5.41) is 17.1. The first-order chi connectivity index (χ1) is 25.5. The minimum Gasteiger partial charge on any atom is -0.512 e. The molecule has 0 aliphatic carbocycles. The number of thiophene rings is 1. The molecule has 0 aliphatic heterocycles. The number of aromatic nitrogens is 1. The Hall–Kier alpha value is -3.57. The number of aliphatic hydroxyl groups excluding tert-OH is 1. The standard InChI is InChI=1S/C34H32NOS.C15H28O2.Ir/c1-20(2)15-22-11-12-26-27(19-37-30(26)16-22)33-21(3)31-29(36-33)13-14-35-32(31)24-17-23-9-7-8-10-25(23)28(18-24)34(4,5)6;1-7-14(5,8-2)12(16)11-13(17)15(6,9-3)10-4;/h7-14,16,18-20H,15H2,1-6H3;11,16H,7-10H2,1-6H3;/q-1;;/b;12-11-;. The van der Waals surface area contributed by atoms with Crippen molar-refractivity contribution in [2.75, 3.05) is 0 Å². The maximum atomic E-state index is 12.2. The van der Waals surface area contributed by atoms with Crippen molar-refractivity contribution >= 4 is 48.9 Å². The van der Waals surface area contributed by atoms with Gasteiger partial charge < -0.3 is 9.52 Å². The van der Waals surface area contributed by atoms with Gasteiger partial charge in [0.25, 0.3) is 0 Å². The molecule has 0 bridgehead atoms. The number of rotatable bonds is 11. The number of nitrogens with zero attached hydrogens (tertiary/aromatic N) is 1. The maximum absolute atomic E-state index is 12.2. The van der Waals surface area contributed by atoms with E-state index in [4.69, 9.17) is 9.40 Å². The SMILES string of the molecule is CCC(C)(CC)C(=O)/C=C(\O)C(C)(CC)CC.Cc1c(-c2csc3cc(CC(C)C)ccc23)oc2ccnc(-c3[c-]c4ccccc4c(C(C)(C)C)c3)c12.[Ir]. The fourth-order valence-corrected chi connectivity index (χ4v) is 8.16. The van der Waals surface area contributed by atoms with Crippen molar-refractivity contribution in [2.45, 2.75) is 121 Å². The van der Waals surface area contributed by atoms with Crippen LogP contribution in [-0.4, -0.2) is 15.9 Å². The molecule has 4 nitrogen and oxygen atoms in total. The van der Waals surface area contributed by atoms with Gasteiger partial charge in [-0.3, -0.25) is 9.78 Å². The number of allylic oxidation sites excluding steroid dienone is 2. The number of furan rings is 1. The first-order valence-corrected chi connectivity index (χ1v) is 20.7. The fourth-order valence-electron chi connectivity index (χ4n) is 7.16. The van der Waals surface area contributed by atoms with Gasteiger partial charge in [-0.15, -0.1) is 40.5 Å². The van der Waals surface area contributed by atoms with Crippen LogP contribution >= 0.6 is 11.3 Å². The van der Waals surface area contributed by atoms with E-state index in [1.165, 1.54) is 32.7 Å². The van der Waals surface area contributed by atoms with Crippen LogP contribution in [0.3, 0.4) is 0 Å². The Kier molecular flexibility index (Phi) is 14.2. The monoisotopic (exact) mass is 935 g/mol. The van der Waals surface area contributed by atoms with Crippen molar-refractivity contribution in [1.29, 1.82) is 0 Å². The topological polar surface area (TPSA) is 63.3 Å². The zero-order valence-corrected chi connectivity index (χ0v) is 38.2. The number of benzene rings is 3. The van der Waals surface area contributed by atoms with Crippen LogP contribution in [0.4, 0.5) is 0 Å². The smallest absolute Gasteiger partial charge is 0.164 e. The van der Waals surface area contributed by atoms with Crippen molar-refractivity contribution in [1.82, 2.24) is 4.98 Å². The van der Waals surface area contributed by atoms with Crippen LogP contribution < -0.4 is 0 Å². The van der Waals surface area contributed by atoms with Gasteiger partial charge in [-0.25, -0.2) is 0 Å². The van der Waals surface area contributed by atoms with Gasteiger partial charge in [0.2, 0.25) is 0 Å². The molecule has 6 rings (SSSR count). The van der Waals surface area contributed by atoms with Crippen molar-refractivity contribution < 1.29 is 34.4 Å². The molecule has 0 saturated heterocycles. The quantitative estimate of drug-likeness (QED) is 0.0799. The summed E-state index contributed by atoms with van der Waals surface area (Å²) in [4.78, 5) is 17.1. The van der Waals surface area contributed by atoms with Gasteiger partial charge in [-0.2, -0.15) is 0 Å². The van der Waals surface area contributed by atoms with Gasteiger partial charge >= 0.3 is 0 Å². The predicted molar refractivity (Wildman–Crippen MR) is 232 cm³/mol. The molecule has 6 heteroatoms. The van der Waals surface area contributed by atoms with E-state index in [-0.39, 0.29) is 47.9 Å². The van der Waals surface area contributed by atoms with Crippen LogP contribution in [0.25, 0.3) is 54.4 Å². The molecule has 0 atom stereocenters. The number of pyridine rings is 1. The molecule has 0 fully saturated rings. The summed E-state index contributed by atoms with van der Waals surface area (Å²) < 4.78 is 7.86. The van der Waals surface area contributed by atoms with Gasteiger partial charge in [-0.1, -0.05) is 117 Å². The van der Waals surface area contributed by atoms with Crippen molar-refractivity contribution in [3.8, 4) is 22.6 Å². The zero-order chi connectivity index (χ0) is 39.6. The molecule has 0 saturated carbocycles. The number of ketones is 1. The molecule has 1 radical (unpaired) electrons. The Bertz CT molecular complexity index is 2290. The van der Waals surface area contributed by atoms with Crippen LogP contribution in [0.1, 0.15) is 119 Å². The molecular weight excluding hydrogens is 875 g/mol. The third-order valence-corrected chi connectivity index (χ3v) is 12.8. The number of carbonyl (C=O) groups excluding carboxylic acids is 1. The number of aliphatic hydroxyl groups is 1. The molecule has 0 unspecified atom stereocenters. The largest absolute Gasteiger partial charge is 0.512 e.